The summed E-state index contributed by atoms with van der Waals surface area (Å²) in [5.41, 5.74) is 2.85. The molecule has 3 N–H and O–H groups in total. The minimum absolute atomic E-state index is 0.115. The lowest BCUT2D eigenvalue weighted by Crippen LogP contribution is -2.47. The number of nitrogens with one attached hydrogen (secondary N) is 1. The first kappa shape index (κ1) is 18.5. The van der Waals surface area contributed by atoms with Gasteiger partial charge in [-0.25, -0.2) is 0 Å². The van der Waals surface area contributed by atoms with Crippen molar-refractivity contribution in [3.8, 4) is 17.1 Å². The van der Waals surface area contributed by atoms with E-state index in [0.717, 1.165) is 42.9 Å². The highest BCUT2D eigenvalue weighted by atomic mass is 16.3. The Kier molecular flexibility index (Phi) is 5.68. The second-order valence-electron chi connectivity index (χ2n) is 7.15. The summed E-state index contributed by atoms with van der Waals surface area (Å²) in [6.07, 6.45) is 3.87. The second kappa shape index (κ2) is 7.97. The van der Waals surface area contributed by atoms with Crippen molar-refractivity contribution < 1.29 is 10.2 Å². The van der Waals surface area contributed by atoms with E-state index in [2.05, 4.69) is 25.4 Å². The highest BCUT2D eigenvalue weighted by Gasteiger charge is 2.23. The third kappa shape index (κ3) is 4.11. The van der Waals surface area contributed by atoms with Gasteiger partial charge in [-0.1, -0.05) is 0 Å². The molecular weight excluding hydrogens is 330 g/mol. The molecule has 3 rings (SSSR count). The van der Waals surface area contributed by atoms with Gasteiger partial charge in [0, 0.05) is 24.8 Å². The molecule has 2 atom stereocenters. The molecule has 0 saturated carbocycles. The predicted molar refractivity (Wildman–Crippen MR) is 101 cm³/mol. The molecule has 7 heteroatoms. The number of aromatic hydroxyl groups is 1. The van der Waals surface area contributed by atoms with Crippen LogP contribution >= 0.6 is 0 Å². The van der Waals surface area contributed by atoms with E-state index in [-0.39, 0.29) is 24.4 Å². The average Bonchev–Trinajstić information content (AvgIpc) is 2.62. The highest BCUT2D eigenvalue weighted by Crippen LogP contribution is 2.28. The highest BCUT2D eigenvalue weighted by molar-refractivity contribution is 5.66. The predicted octanol–water partition coefficient (Wildman–Crippen LogP) is 2.12. The van der Waals surface area contributed by atoms with Crippen LogP contribution in [0.3, 0.4) is 0 Å². The Morgan fingerprint density at radius 3 is 2.77 bits per heavy atom. The largest absolute Gasteiger partial charge is 0.506 e. The van der Waals surface area contributed by atoms with E-state index in [1.807, 2.05) is 26.8 Å². The molecule has 1 aliphatic heterocycles. The maximum Gasteiger partial charge on any atom is 0.149 e. The molecule has 2 aromatic rings. The Bertz CT molecular complexity index is 768. The van der Waals surface area contributed by atoms with Crippen molar-refractivity contribution in [3.63, 3.8) is 0 Å². The fourth-order valence-corrected chi connectivity index (χ4v) is 3.38. The zero-order valence-electron chi connectivity index (χ0n) is 15.6. The summed E-state index contributed by atoms with van der Waals surface area (Å²) in [6, 6.07) is 4.07. The minimum atomic E-state index is 0.115. The summed E-state index contributed by atoms with van der Waals surface area (Å²) in [5.74, 6) is 0.838. The molecule has 1 aliphatic rings. The normalized spacial score (nSPS) is 19.3. The molecule has 3 heterocycles. The van der Waals surface area contributed by atoms with Crippen LogP contribution in [0.4, 0.5) is 5.82 Å². The monoisotopic (exact) mass is 357 g/mol. The van der Waals surface area contributed by atoms with E-state index >= 15 is 0 Å². The molecule has 1 saturated heterocycles. The van der Waals surface area contributed by atoms with Gasteiger partial charge in [-0.15, -0.1) is 10.2 Å². The molecular formula is C19H27N5O2. The number of aliphatic hydroxyl groups excluding tert-OH is 1. The van der Waals surface area contributed by atoms with E-state index < -0.39 is 0 Å². The third-order valence-corrected chi connectivity index (χ3v) is 4.91. The van der Waals surface area contributed by atoms with Gasteiger partial charge in [0.2, 0.25) is 0 Å². The molecule has 0 spiro atoms. The smallest absolute Gasteiger partial charge is 0.149 e. The lowest BCUT2D eigenvalue weighted by atomic mass is 10.0. The Hall–Kier alpha value is -2.25. The zero-order valence-corrected chi connectivity index (χ0v) is 15.6. The van der Waals surface area contributed by atoms with Gasteiger partial charge in [-0.05, 0) is 63.4 Å². The first-order chi connectivity index (χ1) is 12.5. The number of hydrogen-bond donors (Lipinski definition) is 3. The standard InChI is InChI=1S/C19H27N5O2/c1-12-7-16(26)19(20-9-12)18-13(2)8-17(22-23-18)21-15-5-4-6-24(10-15)14(3)11-25/h7-9,14-15,25-26H,4-6,10-11H2,1-3H3,(H,21,22). The molecule has 26 heavy (non-hydrogen) atoms. The number of aromatic nitrogens is 3. The number of anilines is 1. The molecule has 1 fully saturated rings. The lowest BCUT2D eigenvalue weighted by Gasteiger charge is -2.36. The van der Waals surface area contributed by atoms with Crippen LogP contribution in [0, 0.1) is 13.8 Å². The van der Waals surface area contributed by atoms with Crippen molar-refractivity contribution in [1.82, 2.24) is 20.1 Å². The molecule has 2 unspecified atom stereocenters. The second-order valence-corrected chi connectivity index (χ2v) is 7.15. The van der Waals surface area contributed by atoms with Crippen molar-refractivity contribution in [3.05, 3.63) is 29.5 Å². The Balaban J connectivity index is 1.73. The number of pyridine rings is 1. The summed E-state index contributed by atoms with van der Waals surface area (Å²) in [6.45, 7) is 7.94. The number of piperidine rings is 1. The van der Waals surface area contributed by atoms with Crippen molar-refractivity contribution in [1.29, 1.82) is 0 Å². The molecule has 7 nitrogen and oxygen atoms in total. The van der Waals surface area contributed by atoms with Crippen LogP contribution in [-0.4, -0.2) is 62.1 Å². The zero-order chi connectivity index (χ0) is 18.7. The molecule has 140 valence electrons. The van der Waals surface area contributed by atoms with E-state index in [9.17, 15) is 10.2 Å². The van der Waals surface area contributed by atoms with Gasteiger partial charge in [0.1, 0.15) is 23.0 Å². The van der Waals surface area contributed by atoms with Crippen molar-refractivity contribution in [2.24, 2.45) is 0 Å². The van der Waals surface area contributed by atoms with Crippen LogP contribution in [0.5, 0.6) is 5.75 Å². The first-order valence-electron chi connectivity index (χ1n) is 9.09. The Morgan fingerprint density at radius 1 is 1.27 bits per heavy atom. The number of aliphatic hydroxyl groups is 1. The lowest BCUT2D eigenvalue weighted by molar-refractivity contribution is 0.110. The van der Waals surface area contributed by atoms with Crippen LogP contribution in [0.25, 0.3) is 11.4 Å². The van der Waals surface area contributed by atoms with Gasteiger partial charge in [-0.2, -0.15) is 0 Å². The van der Waals surface area contributed by atoms with E-state index in [4.69, 9.17) is 0 Å². The SMILES string of the molecule is Cc1cnc(-c2nnc(NC3CCCN(C(C)CO)C3)cc2C)c(O)c1. The van der Waals surface area contributed by atoms with Crippen LogP contribution in [0.1, 0.15) is 30.9 Å². The third-order valence-electron chi connectivity index (χ3n) is 4.91. The fourth-order valence-electron chi connectivity index (χ4n) is 3.38. The average molecular weight is 357 g/mol. The van der Waals surface area contributed by atoms with Crippen LogP contribution in [0.15, 0.2) is 18.3 Å². The molecule has 0 aromatic carbocycles. The van der Waals surface area contributed by atoms with Gasteiger partial charge in [0.25, 0.3) is 0 Å². The molecule has 0 bridgehead atoms. The van der Waals surface area contributed by atoms with Crippen LogP contribution in [0.2, 0.25) is 0 Å². The number of rotatable bonds is 5. The van der Waals surface area contributed by atoms with E-state index in [1.165, 1.54) is 0 Å². The summed E-state index contributed by atoms with van der Waals surface area (Å²) < 4.78 is 0. The first-order valence-corrected chi connectivity index (χ1v) is 9.09. The van der Waals surface area contributed by atoms with Crippen LogP contribution in [-0.2, 0) is 0 Å². The van der Waals surface area contributed by atoms with Crippen LogP contribution < -0.4 is 5.32 Å². The van der Waals surface area contributed by atoms with Gasteiger partial charge < -0.3 is 15.5 Å². The maximum atomic E-state index is 10.1. The Morgan fingerprint density at radius 2 is 2.08 bits per heavy atom. The van der Waals surface area contributed by atoms with Crippen molar-refractivity contribution >= 4 is 5.82 Å². The van der Waals surface area contributed by atoms with Crippen molar-refractivity contribution in [2.45, 2.75) is 45.7 Å². The van der Waals surface area contributed by atoms with Gasteiger partial charge in [-0.3, -0.25) is 9.88 Å². The van der Waals surface area contributed by atoms with E-state index in [0.29, 0.717) is 11.4 Å². The summed E-state index contributed by atoms with van der Waals surface area (Å²) in [7, 11) is 0. The van der Waals surface area contributed by atoms with E-state index in [1.54, 1.807) is 12.3 Å². The molecule has 0 radical (unpaired) electrons. The molecule has 2 aromatic heterocycles. The Labute approximate surface area is 154 Å². The summed E-state index contributed by atoms with van der Waals surface area (Å²) in [4.78, 5) is 6.59. The number of aryl methyl sites for hydroxylation is 2. The molecule has 0 amide bonds. The van der Waals surface area contributed by atoms with Gasteiger partial charge >= 0.3 is 0 Å². The van der Waals surface area contributed by atoms with Crippen molar-refractivity contribution in [2.75, 3.05) is 25.0 Å². The van der Waals surface area contributed by atoms with Gasteiger partial charge in [0.05, 0.1) is 6.61 Å². The topological polar surface area (TPSA) is 94.4 Å². The fraction of sp³-hybridized carbons (Fsp3) is 0.526. The van der Waals surface area contributed by atoms with Gasteiger partial charge in [0.15, 0.2) is 0 Å². The number of likely N-dealkylation sites (tertiary alicyclic amines) is 1. The molecule has 0 aliphatic carbocycles. The minimum Gasteiger partial charge on any atom is -0.506 e. The summed E-state index contributed by atoms with van der Waals surface area (Å²) >= 11 is 0. The number of hydrogen-bond acceptors (Lipinski definition) is 7. The quantitative estimate of drug-likeness (QED) is 0.754. The summed E-state index contributed by atoms with van der Waals surface area (Å²) in [5, 5.41) is 31.5. The number of nitrogens with zero attached hydrogens (tertiary/aromatic N) is 4. The maximum absolute atomic E-state index is 10.1.